The topological polar surface area (TPSA) is 17.8 Å². The zero-order valence-corrected chi connectivity index (χ0v) is 10.3. The van der Waals surface area contributed by atoms with Gasteiger partial charge in [0.2, 0.25) is 0 Å². The first kappa shape index (κ1) is 13.1. The zero-order chi connectivity index (χ0) is 13.3. The van der Waals surface area contributed by atoms with E-state index in [2.05, 4.69) is 5.10 Å². The molecule has 0 saturated heterocycles. The highest BCUT2D eigenvalue weighted by atomic mass is 32.1. The fraction of sp³-hybridized carbons (Fsp3) is 0.364. The molecular formula is C11H10F4N2S. The van der Waals surface area contributed by atoms with Crippen LogP contribution in [0.1, 0.15) is 10.6 Å². The van der Waals surface area contributed by atoms with Crippen LogP contribution in [0.5, 0.6) is 0 Å². The lowest BCUT2D eigenvalue weighted by Gasteiger charge is -1.98. The van der Waals surface area contributed by atoms with Gasteiger partial charge in [0.15, 0.2) is 5.69 Å². The van der Waals surface area contributed by atoms with E-state index < -0.39 is 18.5 Å². The molecule has 0 fully saturated rings. The van der Waals surface area contributed by atoms with Gasteiger partial charge in [0.1, 0.15) is 0 Å². The SMILES string of the molecule is Cn1nc(C(F)(F)F)cc1-c1ccc(CCF)s1. The summed E-state index contributed by atoms with van der Waals surface area (Å²) in [4.78, 5) is 1.46. The standard InChI is InChI=1S/C11H10F4N2S/c1-17-8(6-10(16-17)11(13,14)15)9-3-2-7(18-9)4-5-12/h2-3,6H,4-5H2,1H3. The molecule has 0 saturated carbocycles. The van der Waals surface area contributed by atoms with Gasteiger partial charge in [-0.2, -0.15) is 18.3 Å². The maximum Gasteiger partial charge on any atom is 0.435 e. The Morgan fingerprint density at radius 2 is 2.06 bits per heavy atom. The van der Waals surface area contributed by atoms with E-state index in [4.69, 9.17) is 0 Å². The van der Waals surface area contributed by atoms with Crippen molar-refractivity contribution in [2.75, 3.05) is 6.67 Å². The summed E-state index contributed by atoms with van der Waals surface area (Å²) in [7, 11) is 1.46. The lowest BCUT2D eigenvalue weighted by atomic mass is 10.3. The van der Waals surface area contributed by atoms with E-state index in [0.29, 0.717) is 10.6 Å². The number of rotatable bonds is 3. The molecule has 7 heteroatoms. The highest BCUT2D eigenvalue weighted by molar-refractivity contribution is 7.15. The van der Waals surface area contributed by atoms with Gasteiger partial charge < -0.3 is 0 Å². The van der Waals surface area contributed by atoms with E-state index in [1.807, 2.05) is 0 Å². The van der Waals surface area contributed by atoms with Crippen molar-refractivity contribution >= 4 is 11.3 Å². The fourth-order valence-corrected chi connectivity index (χ4v) is 2.61. The van der Waals surface area contributed by atoms with Gasteiger partial charge in [-0.3, -0.25) is 9.07 Å². The smallest absolute Gasteiger partial charge is 0.267 e. The van der Waals surface area contributed by atoms with Gasteiger partial charge in [-0.05, 0) is 18.2 Å². The lowest BCUT2D eigenvalue weighted by molar-refractivity contribution is -0.141. The fourth-order valence-electron chi connectivity index (χ4n) is 1.58. The summed E-state index contributed by atoms with van der Waals surface area (Å²) in [6, 6.07) is 4.41. The van der Waals surface area contributed by atoms with Crippen molar-refractivity contribution in [1.29, 1.82) is 0 Å². The molecule has 0 aliphatic carbocycles. The van der Waals surface area contributed by atoms with Gasteiger partial charge in [-0.1, -0.05) is 0 Å². The van der Waals surface area contributed by atoms with E-state index in [0.717, 1.165) is 10.9 Å². The number of hydrogen-bond donors (Lipinski definition) is 0. The molecule has 0 aliphatic rings. The number of nitrogens with zero attached hydrogens (tertiary/aromatic N) is 2. The number of aromatic nitrogens is 2. The maximum atomic E-state index is 12.5. The Bertz CT molecular complexity index is 541. The molecule has 0 unspecified atom stereocenters. The molecule has 2 aromatic heterocycles. The Morgan fingerprint density at radius 1 is 1.33 bits per heavy atom. The largest absolute Gasteiger partial charge is 0.435 e. The number of alkyl halides is 4. The first-order valence-corrected chi connectivity index (χ1v) is 5.99. The number of aryl methyl sites for hydroxylation is 2. The van der Waals surface area contributed by atoms with Crippen molar-refractivity contribution in [1.82, 2.24) is 9.78 Å². The molecule has 2 rings (SSSR count). The monoisotopic (exact) mass is 278 g/mol. The van der Waals surface area contributed by atoms with E-state index in [9.17, 15) is 17.6 Å². The quantitative estimate of drug-likeness (QED) is 0.783. The zero-order valence-electron chi connectivity index (χ0n) is 9.46. The Hall–Kier alpha value is -1.37. The summed E-state index contributed by atoms with van der Waals surface area (Å²) in [6.45, 7) is -0.473. The third-order valence-corrected chi connectivity index (χ3v) is 3.59. The molecule has 0 aliphatic heterocycles. The molecular weight excluding hydrogens is 268 g/mol. The van der Waals surface area contributed by atoms with Gasteiger partial charge >= 0.3 is 6.18 Å². The second-order valence-corrected chi connectivity index (χ2v) is 4.91. The molecule has 2 heterocycles. The Morgan fingerprint density at radius 3 is 2.61 bits per heavy atom. The lowest BCUT2D eigenvalue weighted by Crippen LogP contribution is -2.06. The normalized spacial score (nSPS) is 12.1. The number of thiophene rings is 1. The van der Waals surface area contributed by atoms with Crippen molar-refractivity contribution in [2.45, 2.75) is 12.6 Å². The maximum absolute atomic E-state index is 12.5. The van der Waals surface area contributed by atoms with E-state index in [1.165, 1.54) is 23.1 Å². The summed E-state index contributed by atoms with van der Waals surface area (Å²) >= 11 is 1.28. The van der Waals surface area contributed by atoms with Crippen molar-refractivity contribution in [3.63, 3.8) is 0 Å². The molecule has 0 radical (unpaired) electrons. The summed E-state index contributed by atoms with van der Waals surface area (Å²) < 4.78 is 50.9. The van der Waals surface area contributed by atoms with Crippen LogP contribution in [0.25, 0.3) is 10.6 Å². The van der Waals surface area contributed by atoms with Crippen LogP contribution in [-0.2, 0) is 19.6 Å². The van der Waals surface area contributed by atoms with Crippen molar-refractivity contribution in [3.05, 3.63) is 28.8 Å². The second-order valence-electron chi connectivity index (χ2n) is 3.74. The highest BCUT2D eigenvalue weighted by Gasteiger charge is 2.34. The molecule has 0 amide bonds. The Kier molecular flexibility index (Phi) is 3.43. The molecule has 18 heavy (non-hydrogen) atoms. The molecule has 98 valence electrons. The van der Waals surface area contributed by atoms with Gasteiger partial charge in [0.25, 0.3) is 0 Å². The second kappa shape index (κ2) is 4.72. The summed E-state index contributed by atoms with van der Waals surface area (Å²) in [5, 5.41) is 3.44. The van der Waals surface area contributed by atoms with Crippen LogP contribution in [0, 0.1) is 0 Å². The van der Waals surface area contributed by atoms with Gasteiger partial charge in [0.05, 0.1) is 17.2 Å². The summed E-state index contributed by atoms with van der Waals surface area (Å²) in [5.41, 5.74) is -0.530. The van der Waals surface area contributed by atoms with Crippen molar-refractivity contribution in [2.24, 2.45) is 7.05 Å². The van der Waals surface area contributed by atoms with E-state index >= 15 is 0 Å². The average molecular weight is 278 g/mol. The third-order valence-electron chi connectivity index (χ3n) is 2.43. The minimum absolute atomic E-state index is 0.286. The Balaban J connectivity index is 2.35. The van der Waals surface area contributed by atoms with E-state index in [1.54, 1.807) is 12.1 Å². The van der Waals surface area contributed by atoms with Crippen LogP contribution < -0.4 is 0 Å². The molecule has 0 N–H and O–H groups in total. The molecule has 0 atom stereocenters. The van der Waals surface area contributed by atoms with Crippen LogP contribution in [0.4, 0.5) is 17.6 Å². The molecule has 0 spiro atoms. The minimum Gasteiger partial charge on any atom is -0.267 e. The van der Waals surface area contributed by atoms with Crippen LogP contribution in [0.15, 0.2) is 18.2 Å². The number of hydrogen-bond acceptors (Lipinski definition) is 2. The first-order chi connectivity index (χ1) is 8.41. The minimum atomic E-state index is -4.45. The molecule has 2 aromatic rings. The van der Waals surface area contributed by atoms with Crippen LogP contribution in [-0.4, -0.2) is 16.5 Å². The molecule has 0 aromatic carbocycles. The predicted molar refractivity (Wildman–Crippen MR) is 61.2 cm³/mol. The summed E-state index contributed by atoms with van der Waals surface area (Å²) in [6.07, 6.45) is -4.16. The van der Waals surface area contributed by atoms with Crippen LogP contribution >= 0.6 is 11.3 Å². The first-order valence-electron chi connectivity index (χ1n) is 5.18. The van der Waals surface area contributed by atoms with Gasteiger partial charge in [-0.15, -0.1) is 11.3 Å². The Labute approximate surface area is 105 Å². The number of halogens is 4. The third kappa shape index (κ3) is 2.55. The van der Waals surface area contributed by atoms with Gasteiger partial charge in [-0.25, -0.2) is 0 Å². The van der Waals surface area contributed by atoms with Crippen LogP contribution in [0.3, 0.4) is 0 Å². The predicted octanol–water partition coefficient (Wildman–Crippen LogP) is 3.68. The van der Waals surface area contributed by atoms with Crippen molar-refractivity contribution in [3.8, 4) is 10.6 Å². The average Bonchev–Trinajstić information content (AvgIpc) is 2.84. The van der Waals surface area contributed by atoms with E-state index in [-0.39, 0.29) is 6.42 Å². The summed E-state index contributed by atoms with van der Waals surface area (Å²) in [5.74, 6) is 0. The van der Waals surface area contributed by atoms with Crippen LogP contribution in [0.2, 0.25) is 0 Å². The molecule has 0 bridgehead atoms. The molecule has 2 nitrogen and oxygen atoms in total. The van der Waals surface area contributed by atoms with Crippen molar-refractivity contribution < 1.29 is 17.6 Å². The van der Waals surface area contributed by atoms with Gasteiger partial charge in [0, 0.05) is 18.3 Å². The highest BCUT2D eigenvalue weighted by Crippen LogP contribution is 2.34.